The number of likely N-dealkylation sites (N-methyl/N-ethyl adjacent to an activating group) is 2. The van der Waals surface area contributed by atoms with Crippen molar-refractivity contribution in [2.45, 2.75) is 162 Å². The lowest BCUT2D eigenvalue weighted by atomic mass is 9.82. The molecule has 0 aromatic heterocycles. The first kappa shape index (κ1) is 47.9. The molecule has 16 nitrogen and oxygen atoms in total. The molecule has 1 amide bonds. The van der Waals surface area contributed by atoms with Crippen LogP contribution in [0, 0.1) is 11.8 Å². The molecule has 1 saturated carbocycles. The lowest BCUT2D eigenvalue weighted by molar-refractivity contribution is -0.353. The van der Waals surface area contributed by atoms with Crippen molar-refractivity contribution in [2.75, 3.05) is 53.6 Å². The summed E-state index contributed by atoms with van der Waals surface area (Å²) in [6.45, 7) is 8.43. The number of thioether (sulfide) groups is 1. The minimum atomic E-state index is -2.38. The maximum atomic E-state index is 13.7. The Labute approximate surface area is 341 Å². The van der Waals surface area contributed by atoms with Gasteiger partial charge in [0, 0.05) is 33.0 Å². The smallest absolute Gasteiger partial charge is 0.279 e. The number of carbonyl (C=O) groups excluding carboxylic acids is 2. The molecule has 4 aliphatic rings. The van der Waals surface area contributed by atoms with E-state index in [2.05, 4.69) is 22.5 Å². The first-order valence-corrected chi connectivity index (χ1v) is 22.0. The maximum Gasteiger partial charge on any atom is 0.279 e. The summed E-state index contributed by atoms with van der Waals surface area (Å²) in [6.07, 6.45) is -2.92. The summed E-state index contributed by atoms with van der Waals surface area (Å²) in [7, 11) is 4.84. The SMILES string of the molecule is CCC1CC(C(=O)NC(C(C)Cl)C2O[C@H](SC)[C@@H](O)C(O)[C@H]2O)CN(CCCCCCN(C)[C@H]2[C@@H](O)[C@@H](NC)[C@H](O)C[C@@H]2O[C@@]2(O)C(=O)C[C@@H](C)O[C@H]2OC)C1. The van der Waals surface area contributed by atoms with Gasteiger partial charge in [0.1, 0.15) is 29.9 Å². The Morgan fingerprint density at radius 3 is 2.39 bits per heavy atom. The number of ether oxygens (including phenoxy) is 4. The Hall–Kier alpha value is -0.740. The van der Waals surface area contributed by atoms with E-state index in [0.29, 0.717) is 19.0 Å². The maximum absolute atomic E-state index is 13.7. The van der Waals surface area contributed by atoms with Gasteiger partial charge in [-0.05, 0) is 72.5 Å². The average molecular weight is 842 g/mol. The predicted octanol–water partition coefficient (Wildman–Crippen LogP) is -0.384. The van der Waals surface area contributed by atoms with Crippen molar-refractivity contribution >= 4 is 35.1 Å². The van der Waals surface area contributed by atoms with E-state index in [9.17, 15) is 40.2 Å². The molecule has 17 atom stereocenters. The summed E-state index contributed by atoms with van der Waals surface area (Å²) < 4.78 is 23.0. The van der Waals surface area contributed by atoms with E-state index in [1.165, 1.54) is 18.9 Å². The molecule has 0 radical (unpaired) electrons. The third kappa shape index (κ3) is 11.3. The molecule has 1 aliphatic carbocycles. The van der Waals surface area contributed by atoms with Crippen molar-refractivity contribution in [3.05, 3.63) is 0 Å². The molecule has 18 heteroatoms. The number of aliphatic hydroxyl groups is 6. The van der Waals surface area contributed by atoms with Crippen molar-refractivity contribution in [1.29, 1.82) is 0 Å². The van der Waals surface area contributed by atoms with Gasteiger partial charge in [0.05, 0.1) is 53.8 Å². The molecule has 326 valence electrons. The number of methoxy groups -OCH3 is 1. The normalized spacial score (nSPS) is 41.1. The van der Waals surface area contributed by atoms with Crippen LogP contribution in [0.3, 0.4) is 0 Å². The van der Waals surface area contributed by atoms with Crippen LogP contribution < -0.4 is 10.6 Å². The lowest BCUT2D eigenvalue weighted by Crippen LogP contribution is -2.69. The highest BCUT2D eigenvalue weighted by molar-refractivity contribution is 7.99. The van der Waals surface area contributed by atoms with Gasteiger partial charge in [0.15, 0.2) is 5.78 Å². The lowest BCUT2D eigenvalue weighted by Gasteiger charge is -2.49. The number of nitrogens with zero attached hydrogens (tertiary/aromatic N) is 2. The molecule has 6 unspecified atom stereocenters. The molecular weight excluding hydrogens is 772 g/mol. The molecule has 4 rings (SSSR count). The van der Waals surface area contributed by atoms with Gasteiger partial charge in [-0.25, -0.2) is 0 Å². The number of ketones is 1. The van der Waals surface area contributed by atoms with Crippen LogP contribution in [0.2, 0.25) is 0 Å². The number of piperidine rings is 1. The second kappa shape index (κ2) is 21.7. The zero-order valence-electron chi connectivity index (χ0n) is 34.0. The summed E-state index contributed by atoms with van der Waals surface area (Å²) in [5.74, 6) is -3.09. The fourth-order valence-electron chi connectivity index (χ4n) is 8.94. The molecule has 0 aromatic carbocycles. The van der Waals surface area contributed by atoms with Gasteiger partial charge < -0.3 is 65.1 Å². The van der Waals surface area contributed by atoms with E-state index < -0.39 is 95.6 Å². The highest BCUT2D eigenvalue weighted by Crippen LogP contribution is 2.35. The molecule has 3 saturated heterocycles. The number of amides is 1. The number of Topliss-reactive ketones (excluding diaryl/α,β-unsaturated/α-hetero) is 1. The third-order valence-electron chi connectivity index (χ3n) is 12.2. The Balaban J connectivity index is 1.29. The summed E-state index contributed by atoms with van der Waals surface area (Å²) in [5.41, 5.74) is -0.774. The number of carbonyl (C=O) groups is 2. The van der Waals surface area contributed by atoms with Crippen molar-refractivity contribution in [2.24, 2.45) is 11.8 Å². The average Bonchev–Trinajstić information content (AvgIpc) is 3.15. The molecule has 3 heterocycles. The third-order valence-corrected chi connectivity index (χ3v) is 13.3. The number of likely N-dealkylation sites (tertiary alicyclic amines) is 1. The molecule has 4 fully saturated rings. The fraction of sp³-hybridized carbons (Fsp3) is 0.947. The molecule has 8 N–H and O–H groups in total. The zero-order chi connectivity index (χ0) is 41.5. The number of alkyl halides is 1. The molecule has 3 aliphatic heterocycles. The second-order valence-electron chi connectivity index (χ2n) is 16.3. The number of unbranched alkanes of at least 4 members (excludes halogenated alkanes) is 3. The van der Waals surface area contributed by atoms with Gasteiger partial charge >= 0.3 is 0 Å². The van der Waals surface area contributed by atoms with Crippen LogP contribution in [0.15, 0.2) is 0 Å². The molecule has 0 aromatic rings. The van der Waals surface area contributed by atoms with Crippen LogP contribution in [-0.4, -0.2) is 196 Å². The van der Waals surface area contributed by atoms with Crippen LogP contribution in [0.25, 0.3) is 0 Å². The number of rotatable bonds is 18. The minimum Gasteiger partial charge on any atom is -0.391 e. The van der Waals surface area contributed by atoms with E-state index in [1.807, 2.05) is 11.9 Å². The monoisotopic (exact) mass is 840 g/mol. The van der Waals surface area contributed by atoms with E-state index in [0.717, 1.165) is 51.6 Å². The Morgan fingerprint density at radius 1 is 1.07 bits per heavy atom. The topological polar surface area (TPSA) is 223 Å². The van der Waals surface area contributed by atoms with E-state index >= 15 is 0 Å². The molecule has 0 spiro atoms. The van der Waals surface area contributed by atoms with Gasteiger partial charge in [-0.3, -0.25) is 14.5 Å². The quantitative estimate of drug-likeness (QED) is 0.0501. The molecule has 0 bridgehead atoms. The van der Waals surface area contributed by atoms with Crippen LogP contribution in [-0.2, 0) is 28.5 Å². The summed E-state index contributed by atoms with van der Waals surface area (Å²) in [5, 5.41) is 70.7. The van der Waals surface area contributed by atoms with Crippen LogP contribution in [0.5, 0.6) is 0 Å². The highest BCUT2D eigenvalue weighted by Gasteiger charge is 2.56. The van der Waals surface area contributed by atoms with Crippen LogP contribution >= 0.6 is 23.4 Å². The van der Waals surface area contributed by atoms with Crippen LogP contribution in [0.1, 0.15) is 72.1 Å². The van der Waals surface area contributed by atoms with Crippen molar-refractivity contribution < 1.29 is 59.2 Å². The summed E-state index contributed by atoms with van der Waals surface area (Å²) in [4.78, 5) is 31.1. The fourth-order valence-corrected chi connectivity index (χ4v) is 9.83. The molecule has 56 heavy (non-hydrogen) atoms. The van der Waals surface area contributed by atoms with Crippen molar-refractivity contribution in [3.63, 3.8) is 0 Å². The summed E-state index contributed by atoms with van der Waals surface area (Å²) in [6, 6.07) is -2.07. The number of aliphatic hydroxyl groups excluding tert-OH is 5. The Bertz CT molecular complexity index is 1250. The summed E-state index contributed by atoms with van der Waals surface area (Å²) >= 11 is 7.73. The largest absolute Gasteiger partial charge is 0.391 e. The van der Waals surface area contributed by atoms with Crippen LogP contribution in [0.4, 0.5) is 0 Å². The highest BCUT2D eigenvalue weighted by atomic mass is 35.5. The first-order chi connectivity index (χ1) is 26.5. The van der Waals surface area contributed by atoms with Crippen molar-refractivity contribution in [3.8, 4) is 0 Å². The standard InChI is InChI=1S/C38H69ClN4O12S/c1-8-22-16-23(35(50)41-27(21(3)39)34-32(48)31(47)33(49)36(54-34)56-7)19-43(18-22)14-12-10-9-11-13-42(5)29-25(17-24(44)28(40-4)30(29)46)55-38(51)26(45)15-20(2)53-37(38)52-6/h20-25,27-34,36-37,40,44,46-49,51H,8-19H2,1-7H3,(H,41,50)/t20-,21?,22?,23?,24-,25+,27?,28+,29-,30+,31?,32-,33+,34?,36-,37-,38+/m1/s1. The van der Waals surface area contributed by atoms with E-state index in [4.69, 9.17) is 30.5 Å². The molecular formula is C38H69ClN4O12S. The predicted molar refractivity (Wildman–Crippen MR) is 211 cm³/mol. The van der Waals surface area contributed by atoms with Crippen molar-refractivity contribution in [1.82, 2.24) is 20.4 Å². The Kier molecular flexibility index (Phi) is 18.6. The second-order valence-corrected chi connectivity index (χ2v) is 18.0. The van der Waals surface area contributed by atoms with Gasteiger partial charge in [-0.15, -0.1) is 23.4 Å². The zero-order valence-corrected chi connectivity index (χ0v) is 35.6. The van der Waals surface area contributed by atoms with Gasteiger partial charge in [-0.2, -0.15) is 0 Å². The number of hydrogen-bond acceptors (Lipinski definition) is 16. The number of halogens is 1. The number of hydrogen-bond donors (Lipinski definition) is 8. The van der Waals surface area contributed by atoms with Gasteiger partial charge in [0.2, 0.25) is 12.2 Å². The Morgan fingerprint density at radius 2 is 1.77 bits per heavy atom. The first-order valence-electron chi connectivity index (χ1n) is 20.3. The van der Waals surface area contributed by atoms with E-state index in [1.54, 1.807) is 27.2 Å². The minimum absolute atomic E-state index is 0.0656. The van der Waals surface area contributed by atoms with Gasteiger partial charge in [-0.1, -0.05) is 26.2 Å². The van der Waals surface area contributed by atoms with E-state index in [-0.39, 0.29) is 24.7 Å². The van der Waals surface area contributed by atoms with Gasteiger partial charge in [0.25, 0.3) is 5.79 Å². The number of nitrogens with one attached hydrogen (secondary N) is 2.